The van der Waals surface area contributed by atoms with E-state index in [-0.39, 0.29) is 12.2 Å². The molecule has 0 aliphatic carbocycles. The molecule has 74 valence electrons. The molecule has 0 aliphatic rings. The average molecular weight is 190 g/mol. The molecule has 1 aromatic rings. The van der Waals surface area contributed by atoms with Crippen molar-refractivity contribution in [3.05, 3.63) is 29.3 Å². The highest BCUT2D eigenvalue weighted by molar-refractivity contribution is 5.38. The monoisotopic (exact) mass is 190 g/mol. The van der Waals surface area contributed by atoms with Crippen LogP contribution in [0.3, 0.4) is 0 Å². The van der Waals surface area contributed by atoms with Crippen molar-refractivity contribution in [1.82, 2.24) is 0 Å². The van der Waals surface area contributed by atoms with E-state index in [2.05, 4.69) is 0 Å². The number of hydrogen-bond acceptors (Lipinski definition) is 3. The first kappa shape index (κ1) is 10.6. The summed E-state index contributed by atoms with van der Waals surface area (Å²) in [4.78, 5) is 0. The second kappa shape index (κ2) is 4.64. The van der Waals surface area contributed by atoms with Crippen molar-refractivity contribution in [2.75, 3.05) is 0 Å². The Kier molecular flexibility index (Phi) is 3.49. The number of benzene rings is 1. The van der Waals surface area contributed by atoms with E-state index in [1.807, 2.05) is 25.1 Å². The third-order valence-electron chi connectivity index (χ3n) is 2.21. The summed E-state index contributed by atoms with van der Waals surface area (Å²) in [6.45, 7) is 2.03. The summed E-state index contributed by atoms with van der Waals surface area (Å²) in [5.74, 6) is 0.171. The number of hydrogen-bond donors (Lipinski definition) is 2. The molecule has 14 heavy (non-hydrogen) atoms. The first-order valence-electron chi connectivity index (χ1n) is 4.63. The molecule has 1 atom stereocenters. The van der Waals surface area contributed by atoms with Crippen LogP contribution in [0.1, 0.15) is 30.5 Å². The number of aromatic hydroxyl groups is 1. The largest absolute Gasteiger partial charge is 0.508 e. The Morgan fingerprint density at radius 2 is 2.29 bits per heavy atom. The number of rotatable bonds is 3. The summed E-state index contributed by atoms with van der Waals surface area (Å²) in [6.07, 6.45) is 1.12. The Hall–Kier alpha value is -1.53. The highest BCUT2D eigenvalue weighted by atomic mass is 16.3. The number of nitrogens with two attached hydrogens (primary N) is 1. The Morgan fingerprint density at radius 3 is 2.86 bits per heavy atom. The Balaban J connectivity index is 3.00. The van der Waals surface area contributed by atoms with Crippen molar-refractivity contribution in [2.45, 2.75) is 25.8 Å². The van der Waals surface area contributed by atoms with Crippen LogP contribution in [0.2, 0.25) is 0 Å². The molecular weight excluding hydrogens is 176 g/mol. The van der Waals surface area contributed by atoms with Gasteiger partial charge in [0.25, 0.3) is 0 Å². The molecule has 0 spiro atoms. The van der Waals surface area contributed by atoms with Gasteiger partial charge in [0.1, 0.15) is 5.75 Å². The SMILES string of the molecule is CCc1ccc(O)c([C@H](N)CC#N)c1. The Labute approximate surface area is 83.8 Å². The molecule has 0 heterocycles. The number of aryl methyl sites for hydroxylation is 1. The topological polar surface area (TPSA) is 70.0 Å². The van der Waals surface area contributed by atoms with Crippen molar-refractivity contribution in [3.63, 3.8) is 0 Å². The molecule has 0 radical (unpaired) electrons. The second-order valence-corrected chi connectivity index (χ2v) is 3.22. The van der Waals surface area contributed by atoms with Gasteiger partial charge in [-0.25, -0.2) is 0 Å². The summed E-state index contributed by atoms with van der Waals surface area (Å²) in [6, 6.07) is 6.95. The molecule has 3 nitrogen and oxygen atoms in total. The Bertz CT molecular complexity index is 355. The van der Waals surface area contributed by atoms with E-state index in [9.17, 15) is 5.11 Å². The second-order valence-electron chi connectivity index (χ2n) is 3.22. The standard InChI is InChI=1S/C11H14N2O/c1-2-8-3-4-11(14)9(7-8)10(13)5-6-12/h3-4,7,10,14H,2,5,13H2,1H3/t10-/m1/s1. The number of phenolic OH excluding ortho intramolecular Hbond substituents is 1. The lowest BCUT2D eigenvalue weighted by Gasteiger charge is -2.11. The van der Waals surface area contributed by atoms with E-state index >= 15 is 0 Å². The fraction of sp³-hybridized carbons (Fsp3) is 0.364. The van der Waals surface area contributed by atoms with Gasteiger partial charge in [0.05, 0.1) is 12.5 Å². The quantitative estimate of drug-likeness (QED) is 0.764. The van der Waals surface area contributed by atoms with Crippen LogP contribution < -0.4 is 5.73 Å². The normalized spacial score (nSPS) is 12.1. The molecule has 3 N–H and O–H groups in total. The highest BCUT2D eigenvalue weighted by Gasteiger charge is 2.10. The van der Waals surface area contributed by atoms with Crippen molar-refractivity contribution >= 4 is 0 Å². The van der Waals surface area contributed by atoms with Crippen LogP contribution in [0.25, 0.3) is 0 Å². The van der Waals surface area contributed by atoms with Crippen LogP contribution in [0.5, 0.6) is 5.75 Å². The predicted molar refractivity (Wildman–Crippen MR) is 54.6 cm³/mol. The Morgan fingerprint density at radius 1 is 1.57 bits per heavy atom. The first-order chi connectivity index (χ1) is 6.69. The molecule has 1 aromatic carbocycles. The summed E-state index contributed by atoms with van der Waals surface area (Å²) < 4.78 is 0. The summed E-state index contributed by atoms with van der Waals surface area (Å²) >= 11 is 0. The van der Waals surface area contributed by atoms with Gasteiger partial charge in [-0.1, -0.05) is 19.1 Å². The van der Waals surface area contributed by atoms with Gasteiger partial charge in [-0.3, -0.25) is 0 Å². The molecule has 3 heteroatoms. The first-order valence-corrected chi connectivity index (χ1v) is 4.63. The van der Waals surface area contributed by atoms with Crippen LogP contribution in [0, 0.1) is 11.3 Å². The van der Waals surface area contributed by atoms with Crippen LogP contribution in [0.15, 0.2) is 18.2 Å². The zero-order valence-corrected chi connectivity index (χ0v) is 8.20. The lowest BCUT2D eigenvalue weighted by molar-refractivity contribution is 0.461. The zero-order chi connectivity index (χ0) is 10.6. The van der Waals surface area contributed by atoms with Crippen LogP contribution in [-0.4, -0.2) is 5.11 Å². The van der Waals surface area contributed by atoms with E-state index in [1.54, 1.807) is 6.07 Å². The van der Waals surface area contributed by atoms with Crippen molar-refractivity contribution < 1.29 is 5.11 Å². The third-order valence-corrected chi connectivity index (χ3v) is 2.21. The average Bonchev–Trinajstić information content (AvgIpc) is 2.19. The number of nitrogens with zero attached hydrogens (tertiary/aromatic N) is 1. The smallest absolute Gasteiger partial charge is 0.120 e. The summed E-state index contributed by atoms with van der Waals surface area (Å²) in [5, 5.41) is 18.0. The molecule has 0 fully saturated rings. The fourth-order valence-corrected chi connectivity index (χ4v) is 1.33. The molecule has 0 amide bonds. The molecular formula is C11H14N2O. The van der Waals surface area contributed by atoms with Gasteiger partial charge in [-0.05, 0) is 18.1 Å². The third kappa shape index (κ3) is 2.24. The molecule has 0 bridgehead atoms. The molecule has 0 unspecified atom stereocenters. The van der Waals surface area contributed by atoms with E-state index in [0.29, 0.717) is 5.56 Å². The van der Waals surface area contributed by atoms with Crippen molar-refractivity contribution in [2.24, 2.45) is 5.73 Å². The molecule has 0 saturated heterocycles. The maximum atomic E-state index is 9.54. The van der Waals surface area contributed by atoms with Crippen LogP contribution in [-0.2, 0) is 6.42 Å². The lowest BCUT2D eigenvalue weighted by Crippen LogP contribution is -2.09. The molecule has 0 saturated carbocycles. The maximum absolute atomic E-state index is 9.54. The lowest BCUT2D eigenvalue weighted by atomic mass is 10.0. The molecule has 0 aromatic heterocycles. The van der Waals surface area contributed by atoms with Gasteiger partial charge >= 0.3 is 0 Å². The number of nitriles is 1. The fourth-order valence-electron chi connectivity index (χ4n) is 1.33. The maximum Gasteiger partial charge on any atom is 0.120 e. The van der Waals surface area contributed by atoms with E-state index in [0.717, 1.165) is 12.0 Å². The highest BCUT2D eigenvalue weighted by Crippen LogP contribution is 2.25. The van der Waals surface area contributed by atoms with Gasteiger partial charge < -0.3 is 10.8 Å². The minimum Gasteiger partial charge on any atom is -0.508 e. The van der Waals surface area contributed by atoms with E-state index < -0.39 is 6.04 Å². The van der Waals surface area contributed by atoms with Gasteiger partial charge in [-0.2, -0.15) is 5.26 Å². The number of phenols is 1. The zero-order valence-electron chi connectivity index (χ0n) is 8.20. The predicted octanol–water partition coefficient (Wildman–Crippen LogP) is 1.87. The van der Waals surface area contributed by atoms with Crippen LogP contribution >= 0.6 is 0 Å². The van der Waals surface area contributed by atoms with E-state index in [4.69, 9.17) is 11.0 Å². The summed E-state index contributed by atoms with van der Waals surface area (Å²) in [5.41, 5.74) is 7.52. The van der Waals surface area contributed by atoms with Gasteiger partial charge in [0.15, 0.2) is 0 Å². The van der Waals surface area contributed by atoms with Gasteiger partial charge in [-0.15, -0.1) is 0 Å². The van der Waals surface area contributed by atoms with E-state index in [1.165, 1.54) is 0 Å². The minimum absolute atomic E-state index is 0.171. The van der Waals surface area contributed by atoms with Gasteiger partial charge in [0.2, 0.25) is 0 Å². The van der Waals surface area contributed by atoms with Crippen molar-refractivity contribution in [1.29, 1.82) is 5.26 Å². The summed E-state index contributed by atoms with van der Waals surface area (Å²) in [7, 11) is 0. The van der Waals surface area contributed by atoms with Gasteiger partial charge in [0, 0.05) is 11.6 Å². The molecule has 1 rings (SSSR count). The van der Waals surface area contributed by atoms with Crippen LogP contribution in [0.4, 0.5) is 0 Å². The minimum atomic E-state index is -0.397. The van der Waals surface area contributed by atoms with Crippen molar-refractivity contribution in [3.8, 4) is 11.8 Å². The molecule has 0 aliphatic heterocycles.